The highest BCUT2D eigenvalue weighted by Crippen LogP contribution is 2.19. The van der Waals surface area contributed by atoms with Crippen molar-refractivity contribution in [2.75, 3.05) is 6.54 Å². The van der Waals surface area contributed by atoms with E-state index >= 15 is 0 Å². The predicted octanol–water partition coefficient (Wildman–Crippen LogP) is 3.67. The van der Waals surface area contributed by atoms with Crippen molar-refractivity contribution in [3.63, 3.8) is 0 Å². The second-order valence-corrected chi connectivity index (χ2v) is 9.18. The first-order valence-electron chi connectivity index (χ1n) is 11.6. The van der Waals surface area contributed by atoms with Gasteiger partial charge in [0.05, 0.1) is 10.9 Å². The molecule has 1 heterocycles. The molecular formula is C26H31N3O6. The first kappa shape index (κ1) is 25.7. The minimum absolute atomic E-state index is 0.168. The van der Waals surface area contributed by atoms with Gasteiger partial charge in [0.2, 0.25) is 0 Å². The number of fused-ring (bicyclic) bond motifs is 1. The Morgan fingerprint density at radius 2 is 1.69 bits per heavy atom. The quantitative estimate of drug-likeness (QED) is 0.356. The molecule has 1 aromatic heterocycles. The number of carbonyl (C=O) groups excluding carboxylic acids is 2. The Bertz CT molecular complexity index is 1270. The number of para-hydroxylation sites is 1. The van der Waals surface area contributed by atoms with E-state index in [2.05, 4.69) is 10.3 Å². The lowest BCUT2D eigenvalue weighted by atomic mass is 10.1. The first-order valence-corrected chi connectivity index (χ1v) is 11.6. The number of unbranched alkanes of at least 4 members (excludes halogenated alkanes) is 1. The summed E-state index contributed by atoms with van der Waals surface area (Å²) in [5.41, 5.74) is -0.726. The van der Waals surface area contributed by atoms with Gasteiger partial charge in [0.1, 0.15) is 18.2 Å². The van der Waals surface area contributed by atoms with E-state index in [-0.39, 0.29) is 13.0 Å². The smallest absolute Gasteiger partial charge is 0.407 e. The third-order valence-corrected chi connectivity index (χ3v) is 5.21. The van der Waals surface area contributed by atoms with Gasteiger partial charge in [-0.1, -0.05) is 42.5 Å². The summed E-state index contributed by atoms with van der Waals surface area (Å²) < 4.78 is 11.6. The Morgan fingerprint density at radius 3 is 2.40 bits per heavy atom. The standard InChI is InChI=1S/C26H31N3O6/c1-26(2,3)35-23(31)21(29-22(30)19-13-7-8-14-20(19)28-24(29)32)15-9-10-16-27-25(33)34-17-18-11-5-4-6-12-18/h4-8,11-14,21H,9-10,15-17H2,1-3H3,(H,27,33)(H,28,32). The molecule has 0 saturated heterocycles. The van der Waals surface area contributed by atoms with Gasteiger partial charge in [-0.05, 0) is 57.7 Å². The summed E-state index contributed by atoms with van der Waals surface area (Å²) in [6.07, 6.45) is 0.623. The molecule has 1 unspecified atom stereocenters. The fraction of sp³-hybridized carbons (Fsp3) is 0.385. The minimum Gasteiger partial charge on any atom is -0.458 e. The van der Waals surface area contributed by atoms with Crippen molar-refractivity contribution in [2.24, 2.45) is 0 Å². The number of carbonyl (C=O) groups is 2. The molecule has 1 atom stereocenters. The average Bonchev–Trinajstić information content (AvgIpc) is 2.81. The number of amides is 1. The molecule has 0 saturated carbocycles. The van der Waals surface area contributed by atoms with Gasteiger partial charge in [0.15, 0.2) is 0 Å². The van der Waals surface area contributed by atoms with Crippen molar-refractivity contribution < 1.29 is 19.1 Å². The molecule has 1 amide bonds. The SMILES string of the molecule is CC(C)(C)OC(=O)C(CCCCNC(=O)OCc1ccccc1)n1c(=O)[nH]c2ccccc2c1=O. The second kappa shape index (κ2) is 11.5. The minimum atomic E-state index is -1.10. The van der Waals surface area contributed by atoms with Crippen LogP contribution >= 0.6 is 0 Å². The molecule has 3 aromatic rings. The van der Waals surface area contributed by atoms with Gasteiger partial charge in [-0.3, -0.25) is 4.79 Å². The van der Waals surface area contributed by atoms with E-state index < -0.39 is 35.0 Å². The zero-order chi connectivity index (χ0) is 25.4. The summed E-state index contributed by atoms with van der Waals surface area (Å²) in [4.78, 5) is 53.4. The first-order chi connectivity index (χ1) is 16.7. The van der Waals surface area contributed by atoms with Crippen molar-refractivity contribution >= 4 is 23.0 Å². The highest BCUT2D eigenvalue weighted by Gasteiger charge is 2.29. The van der Waals surface area contributed by atoms with Crippen LogP contribution in [0.2, 0.25) is 0 Å². The molecule has 0 fully saturated rings. The molecular weight excluding hydrogens is 450 g/mol. The number of H-pyrrole nitrogens is 1. The van der Waals surface area contributed by atoms with Crippen LogP contribution in [0, 0.1) is 0 Å². The fourth-order valence-corrected chi connectivity index (χ4v) is 3.61. The second-order valence-electron chi connectivity index (χ2n) is 9.18. The molecule has 0 aliphatic carbocycles. The molecule has 186 valence electrons. The predicted molar refractivity (Wildman–Crippen MR) is 132 cm³/mol. The Hall–Kier alpha value is -3.88. The molecule has 2 N–H and O–H groups in total. The lowest BCUT2D eigenvalue weighted by Gasteiger charge is -2.25. The normalized spacial score (nSPS) is 12.2. The van der Waals surface area contributed by atoms with Crippen LogP contribution in [0.3, 0.4) is 0 Å². The maximum Gasteiger partial charge on any atom is 0.407 e. The summed E-state index contributed by atoms with van der Waals surface area (Å²) in [6, 6.07) is 14.9. The van der Waals surface area contributed by atoms with E-state index in [4.69, 9.17) is 9.47 Å². The summed E-state index contributed by atoms with van der Waals surface area (Å²) in [5.74, 6) is -0.657. The van der Waals surface area contributed by atoms with E-state index in [1.54, 1.807) is 45.0 Å². The van der Waals surface area contributed by atoms with Crippen molar-refractivity contribution in [2.45, 2.75) is 58.3 Å². The van der Waals surface area contributed by atoms with Gasteiger partial charge in [-0.25, -0.2) is 19.0 Å². The van der Waals surface area contributed by atoms with Crippen LogP contribution in [0.5, 0.6) is 0 Å². The van der Waals surface area contributed by atoms with Crippen LogP contribution in [0.4, 0.5) is 4.79 Å². The number of aromatic nitrogens is 2. The molecule has 9 nitrogen and oxygen atoms in total. The molecule has 0 aliphatic heterocycles. The number of esters is 1. The van der Waals surface area contributed by atoms with E-state index in [1.165, 1.54) is 0 Å². The molecule has 35 heavy (non-hydrogen) atoms. The molecule has 0 radical (unpaired) electrons. The summed E-state index contributed by atoms with van der Waals surface area (Å²) in [5, 5.41) is 2.98. The van der Waals surface area contributed by atoms with Gasteiger partial charge < -0.3 is 19.8 Å². The third-order valence-electron chi connectivity index (χ3n) is 5.21. The van der Waals surface area contributed by atoms with Crippen molar-refractivity contribution in [1.82, 2.24) is 14.9 Å². The molecule has 9 heteroatoms. The molecule has 0 bridgehead atoms. The van der Waals surface area contributed by atoms with Crippen LogP contribution in [0.15, 0.2) is 64.2 Å². The Balaban J connectivity index is 1.64. The number of benzene rings is 2. The van der Waals surface area contributed by atoms with Crippen LogP contribution in [-0.2, 0) is 20.9 Å². The van der Waals surface area contributed by atoms with Gasteiger partial charge in [0.25, 0.3) is 5.56 Å². The number of ether oxygens (including phenoxy) is 2. The van der Waals surface area contributed by atoms with E-state index in [9.17, 15) is 19.2 Å². The number of nitrogens with zero attached hydrogens (tertiary/aromatic N) is 1. The third kappa shape index (κ3) is 7.30. The number of hydrogen-bond acceptors (Lipinski definition) is 6. The van der Waals surface area contributed by atoms with E-state index in [0.29, 0.717) is 30.3 Å². The van der Waals surface area contributed by atoms with Crippen molar-refractivity contribution in [3.8, 4) is 0 Å². The topological polar surface area (TPSA) is 119 Å². The number of alkyl carbamates (subject to hydrolysis) is 1. The summed E-state index contributed by atoms with van der Waals surface area (Å²) in [7, 11) is 0. The summed E-state index contributed by atoms with van der Waals surface area (Å²) >= 11 is 0. The molecule has 2 aromatic carbocycles. The Labute approximate surface area is 203 Å². The van der Waals surface area contributed by atoms with Crippen LogP contribution < -0.4 is 16.6 Å². The van der Waals surface area contributed by atoms with E-state index in [0.717, 1.165) is 10.1 Å². The monoisotopic (exact) mass is 481 g/mol. The highest BCUT2D eigenvalue weighted by molar-refractivity contribution is 5.78. The molecule has 3 rings (SSSR count). The largest absolute Gasteiger partial charge is 0.458 e. The number of aromatic amines is 1. The maximum absolute atomic E-state index is 13.1. The number of rotatable bonds is 9. The lowest BCUT2D eigenvalue weighted by Crippen LogP contribution is -2.43. The molecule has 0 spiro atoms. The fourth-order valence-electron chi connectivity index (χ4n) is 3.61. The average molecular weight is 482 g/mol. The van der Waals surface area contributed by atoms with Crippen molar-refractivity contribution in [1.29, 1.82) is 0 Å². The zero-order valence-electron chi connectivity index (χ0n) is 20.2. The summed E-state index contributed by atoms with van der Waals surface area (Å²) in [6.45, 7) is 5.65. The zero-order valence-corrected chi connectivity index (χ0v) is 20.2. The van der Waals surface area contributed by atoms with Gasteiger partial charge in [-0.15, -0.1) is 0 Å². The number of hydrogen-bond donors (Lipinski definition) is 2. The van der Waals surface area contributed by atoms with Crippen LogP contribution in [-0.4, -0.2) is 33.8 Å². The Kier molecular flexibility index (Phi) is 8.46. The molecule has 0 aliphatic rings. The van der Waals surface area contributed by atoms with E-state index in [1.807, 2.05) is 30.3 Å². The lowest BCUT2D eigenvalue weighted by molar-refractivity contribution is -0.159. The van der Waals surface area contributed by atoms with Gasteiger partial charge in [-0.2, -0.15) is 0 Å². The Morgan fingerprint density at radius 1 is 1.00 bits per heavy atom. The van der Waals surface area contributed by atoms with Crippen LogP contribution in [0.25, 0.3) is 10.9 Å². The van der Waals surface area contributed by atoms with Crippen LogP contribution in [0.1, 0.15) is 51.6 Å². The van der Waals surface area contributed by atoms with Gasteiger partial charge in [0, 0.05) is 6.54 Å². The van der Waals surface area contributed by atoms with Crippen molar-refractivity contribution in [3.05, 3.63) is 81.0 Å². The van der Waals surface area contributed by atoms with Gasteiger partial charge >= 0.3 is 17.8 Å². The number of nitrogens with one attached hydrogen (secondary N) is 2. The maximum atomic E-state index is 13.1. The highest BCUT2D eigenvalue weighted by atomic mass is 16.6.